The highest BCUT2D eigenvalue weighted by Crippen LogP contribution is 2.30. The molecule has 3 rings (SSSR count). The van der Waals surface area contributed by atoms with E-state index in [1.54, 1.807) is 30.3 Å². The molecule has 0 atom stereocenters. The highest BCUT2D eigenvalue weighted by molar-refractivity contribution is 8.18. The molecule has 0 spiro atoms. The Morgan fingerprint density at radius 2 is 1.90 bits per heavy atom. The molecular weight excluding hydrogens is 423 g/mol. The number of rotatable bonds is 6. The molecular formula is C19H14F3N3O4S. The number of carbonyl (C=O) groups excluding carboxylic acids is 2. The van der Waals surface area contributed by atoms with Crippen molar-refractivity contribution in [2.75, 3.05) is 6.61 Å². The van der Waals surface area contributed by atoms with Crippen LogP contribution in [0.2, 0.25) is 0 Å². The summed E-state index contributed by atoms with van der Waals surface area (Å²) in [5.41, 5.74) is 6.06. The van der Waals surface area contributed by atoms with E-state index in [0.29, 0.717) is 21.9 Å². The van der Waals surface area contributed by atoms with Gasteiger partial charge in [-0.15, -0.1) is 13.2 Å². The van der Waals surface area contributed by atoms with Gasteiger partial charge in [-0.25, -0.2) is 4.99 Å². The second kappa shape index (κ2) is 8.91. The van der Waals surface area contributed by atoms with Crippen LogP contribution in [0.4, 0.5) is 23.7 Å². The van der Waals surface area contributed by atoms with E-state index in [1.807, 2.05) is 0 Å². The normalized spacial score (nSPS) is 16.6. The van der Waals surface area contributed by atoms with Gasteiger partial charge in [-0.05, 0) is 59.8 Å². The maximum absolute atomic E-state index is 12.2. The monoisotopic (exact) mass is 437 g/mol. The minimum atomic E-state index is -4.78. The lowest BCUT2D eigenvalue weighted by Crippen LogP contribution is -2.20. The number of nitrogens with one attached hydrogen (secondary N) is 1. The summed E-state index contributed by atoms with van der Waals surface area (Å²) in [5, 5.41) is 2.23. The van der Waals surface area contributed by atoms with Crippen molar-refractivity contribution in [1.29, 1.82) is 0 Å². The first-order valence-corrected chi connectivity index (χ1v) is 9.16. The molecule has 3 N–H and O–H groups in total. The number of primary amides is 1. The number of ether oxygens (including phenoxy) is 2. The highest BCUT2D eigenvalue weighted by atomic mass is 32.2. The van der Waals surface area contributed by atoms with Crippen LogP contribution < -0.4 is 20.5 Å². The van der Waals surface area contributed by atoms with Crippen LogP contribution in [-0.2, 0) is 4.79 Å². The van der Waals surface area contributed by atoms with Crippen molar-refractivity contribution in [3.8, 4) is 11.5 Å². The van der Waals surface area contributed by atoms with Gasteiger partial charge in [0.25, 0.3) is 11.1 Å². The molecule has 0 unspecified atom stereocenters. The molecule has 2 aromatic rings. The Morgan fingerprint density at radius 3 is 2.57 bits per heavy atom. The highest BCUT2D eigenvalue weighted by Gasteiger charge is 2.31. The largest absolute Gasteiger partial charge is 0.573 e. The fraction of sp³-hybridized carbons (Fsp3) is 0.105. The molecule has 1 aliphatic rings. The van der Waals surface area contributed by atoms with Crippen molar-refractivity contribution in [3.63, 3.8) is 0 Å². The minimum absolute atomic E-state index is 0.248. The zero-order chi connectivity index (χ0) is 21.7. The fourth-order valence-corrected chi connectivity index (χ4v) is 3.10. The Bertz CT molecular complexity index is 1020. The number of hydrogen-bond donors (Lipinski definition) is 2. The fourth-order valence-electron chi connectivity index (χ4n) is 2.36. The zero-order valence-electron chi connectivity index (χ0n) is 15.1. The minimum Gasteiger partial charge on any atom is -0.484 e. The average Bonchev–Trinajstić information content (AvgIpc) is 2.99. The Hall–Kier alpha value is -3.47. The third-order valence-corrected chi connectivity index (χ3v) is 4.32. The summed E-state index contributed by atoms with van der Waals surface area (Å²) >= 11 is 0.915. The number of halogens is 3. The van der Waals surface area contributed by atoms with Gasteiger partial charge in [-0.1, -0.05) is 12.1 Å². The molecule has 1 fully saturated rings. The Kier molecular flexibility index (Phi) is 6.31. The average molecular weight is 437 g/mol. The molecule has 1 saturated heterocycles. The predicted octanol–water partition coefficient (Wildman–Crippen LogP) is 3.98. The second-order valence-corrected chi connectivity index (χ2v) is 6.87. The van der Waals surface area contributed by atoms with E-state index in [0.717, 1.165) is 23.9 Å². The number of nitrogens with two attached hydrogens (primary N) is 1. The molecule has 0 radical (unpaired) electrons. The van der Waals surface area contributed by atoms with Crippen molar-refractivity contribution in [3.05, 3.63) is 59.0 Å². The number of hydrogen-bond acceptors (Lipinski definition) is 6. The van der Waals surface area contributed by atoms with Gasteiger partial charge in [0.05, 0.1) is 10.6 Å². The van der Waals surface area contributed by atoms with Gasteiger partial charge in [0.1, 0.15) is 17.3 Å². The van der Waals surface area contributed by atoms with Gasteiger partial charge >= 0.3 is 6.36 Å². The third-order valence-electron chi connectivity index (χ3n) is 3.50. The van der Waals surface area contributed by atoms with Gasteiger partial charge < -0.3 is 20.5 Å². The van der Waals surface area contributed by atoms with Crippen LogP contribution in [0.1, 0.15) is 5.56 Å². The zero-order valence-corrected chi connectivity index (χ0v) is 15.9. The van der Waals surface area contributed by atoms with Crippen molar-refractivity contribution < 1.29 is 32.2 Å². The molecule has 2 aromatic carbocycles. The van der Waals surface area contributed by atoms with E-state index in [-0.39, 0.29) is 23.4 Å². The van der Waals surface area contributed by atoms with E-state index in [9.17, 15) is 22.8 Å². The van der Waals surface area contributed by atoms with Crippen LogP contribution in [-0.4, -0.2) is 30.0 Å². The summed E-state index contributed by atoms with van der Waals surface area (Å²) in [4.78, 5) is 27.4. The van der Waals surface area contributed by atoms with Crippen LogP contribution in [0.3, 0.4) is 0 Å². The predicted molar refractivity (Wildman–Crippen MR) is 105 cm³/mol. The lowest BCUT2D eigenvalue weighted by atomic mass is 10.2. The van der Waals surface area contributed by atoms with Crippen molar-refractivity contribution in [2.45, 2.75) is 6.36 Å². The molecule has 0 saturated carbocycles. The van der Waals surface area contributed by atoms with E-state index in [1.165, 1.54) is 12.1 Å². The second-order valence-electron chi connectivity index (χ2n) is 5.85. The van der Waals surface area contributed by atoms with Gasteiger partial charge in [0.2, 0.25) is 0 Å². The molecule has 2 amide bonds. The lowest BCUT2D eigenvalue weighted by Gasteiger charge is -2.08. The van der Waals surface area contributed by atoms with Crippen LogP contribution in [0.5, 0.6) is 11.5 Å². The van der Waals surface area contributed by atoms with E-state index in [2.05, 4.69) is 15.0 Å². The Labute approximate surface area is 172 Å². The number of nitrogens with zero attached hydrogens (tertiary/aromatic N) is 1. The molecule has 1 aliphatic heterocycles. The van der Waals surface area contributed by atoms with Crippen molar-refractivity contribution in [1.82, 2.24) is 5.32 Å². The quantitative estimate of drug-likeness (QED) is 0.712. The molecule has 0 aromatic heterocycles. The summed E-state index contributed by atoms with van der Waals surface area (Å²) in [6.07, 6.45) is -3.10. The molecule has 0 aliphatic carbocycles. The number of benzene rings is 2. The smallest absolute Gasteiger partial charge is 0.484 e. The summed E-state index contributed by atoms with van der Waals surface area (Å²) in [6, 6.07) is 11.7. The number of amidine groups is 1. The summed E-state index contributed by atoms with van der Waals surface area (Å²) in [6.45, 7) is -0.268. The van der Waals surface area contributed by atoms with Crippen LogP contribution in [0, 0.1) is 0 Å². The molecule has 0 bridgehead atoms. The lowest BCUT2D eigenvalue weighted by molar-refractivity contribution is -0.274. The number of alkyl halides is 3. The van der Waals surface area contributed by atoms with Crippen LogP contribution in [0.15, 0.2) is 58.4 Å². The summed E-state index contributed by atoms with van der Waals surface area (Å²) in [5.74, 6) is -0.317. The van der Waals surface area contributed by atoms with Gasteiger partial charge in [0, 0.05) is 0 Å². The van der Waals surface area contributed by atoms with E-state index < -0.39 is 12.3 Å². The van der Waals surface area contributed by atoms with Gasteiger partial charge in [-0.3, -0.25) is 9.59 Å². The van der Waals surface area contributed by atoms with Gasteiger partial charge in [0.15, 0.2) is 6.61 Å². The topological polar surface area (TPSA) is 103 Å². The number of aliphatic imine (C=N–C) groups is 1. The summed E-state index contributed by atoms with van der Waals surface area (Å²) < 4.78 is 45.8. The standard InChI is InChI=1S/C19H14F3N3O4S/c20-19(21,22)29-13-6-4-12(5-7-13)24-17-15(30-18(27)25-17)9-11-2-1-3-14(8-11)28-10-16(23)26/h1-9H,10H2,(H2,23,26)(H,24,25,27)/b15-9+. The van der Waals surface area contributed by atoms with Crippen molar-refractivity contribution >= 4 is 40.5 Å². The Balaban J connectivity index is 1.81. The SMILES string of the molecule is NC(=O)COc1cccc(/C=C2/SC(=O)NC2=Nc2ccc(OC(F)(F)F)cc2)c1. The number of thioether (sulfide) groups is 1. The first-order chi connectivity index (χ1) is 14.2. The third kappa shape index (κ3) is 6.27. The van der Waals surface area contributed by atoms with Crippen LogP contribution in [0.25, 0.3) is 6.08 Å². The molecule has 7 nitrogen and oxygen atoms in total. The molecule has 30 heavy (non-hydrogen) atoms. The summed E-state index contributed by atoms with van der Waals surface area (Å²) in [7, 11) is 0. The first kappa shape index (κ1) is 21.2. The van der Waals surface area contributed by atoms with Gasteiger partial charge in [-0.2, -0.15) is 0 Å². The number of amides is 2. The van der Waals surface area contributed by atoms with Crippen molar-refractivity contribution in [2.24, 2.45) is 10.7 Å². The first-order valence-electron chi connectivity index (χ1n) is 8.34. The van der Waals surface area contributed by atoms with E-state index in [4.69, 9.17) is 10.5 Å². The maximum atomic E-state index is 12.2. The van der Waals surface area contributed by atoms with Crippen LogP contribution >= 0.6 is 11.8 Å². The molecule has 1 heterocycles. The van der Waals surface area contributed by atoms with E-state index >= 15 is 0 Å². The number of carbonyl (C=O) groups is 2. The molecule has 156 valence electrons. The molecule has 11 heteroatoms. The Morgan fingerprint density at radius 1 is 1.17 bits per heavy atom. The maximum Gasteiger partial charge on any atom is 0.573 e.